The first-order valence-corrected chi connectivity index (χ1v) is 12.0. The van der Waals surface area contributed by atoms with Crippen LogP contribution in [0.3, 0.4) is 0 Å². The Morgan fingerprint density at radius 1 is 1.00 bits per heavy atom. The first kappa shape index (κ1) is 22.8. The minimum absolute atomic E-state index is 0. The Labute approximate surface area is 211 Å². The van der Waals surface area contributed by atoms with Crippen LogP contribution in [0, 0.1) is 13.8 Å². The molecule has 0 saturated heterocycles. The van der Waals surface area contributed by atoms with Gasteiger partial charge < -0.3 is 4.57 Å². The molecule has 2 aromatic heterocycles. The Hall–Kier alpha value is -2.94. The maximum Gasteiger partial charge on any atom is 0.110 e. The molecule has 0 spiro atoms. The average molecular weight is 489 g/mol. The van der Waals surface area contributed by atoms with E-state index in [2.05, 4.69) is 85.0 Å². The van der Waals surface area contributed by atoms with Crippen molar-refractivity contribution >= 4 is 25.6 Å². The van der Waals surface area contributed by atoms with Gasteiger partial charge in [0.2, 0.25) is 0 Å². The van der Waals surface area contributed by atoms with Gasteiger partial charge in [0.25, 0.3) is 0 Å². The van der Waals surface area contributed by atoms with Crippen LogP contribution < -0.4 is 0 Å². The largest absolute Gasteiger partial charge is 0.304 e. The molecule has 0 radical (unpaired) electrons. The average Bonchev–Trinajstić information content (AvgIpc) is 3.19. The highest BCUT2D eigenvalue weighted by molar-refractivity contribution is 7.95. The van der Waals surface area contributed by atoms with Gasteiger partial charge in [0.15, 0.2) is 0 Å². The van der Waals surface area contributed by atoms with Crippen LogP contribution in [0.15, 0.2) is 79.0 Å². The summed E-state index contributed by atoms with van der Waals surface area (Å²) in [5.74, 6) is 1.03. The zero-order valence-electron chi connectivity index (χ0n) is 19.3. The molecule has 6 rings (SSSR count). The first-order chi connectivity index (χ1) is 16.1. The first-order valence-electron chi connectivity index (χ1n) is 11.3. The van der Waals surface area contributed by atoms with Crippen molar-refractivity contribution in [2.45, 2.75) is 33.2 Å². The standard InChI is InChI=1S/C26H26N6S.H2S/c1-19-16-30(20(2)28-19)25-9-6-22-10-13-29(17-23(22)15-25)33-32-18-26(32)14-21-4-7-24(8-5-21)31-12-3-11-27-31;/h3-9,11-12,15-16,18H,10,13-14,17H2,1-2H3;1H2. The molecule has 0 N–H and O–H groups in total. The number of rotatable bonds is 6. The van der Waals surface area contributed by atoms with Crippen molar-refractivity contribution in [3.05, 3.63) is 107 Å². The molecule has 6 nitrogen and oxygen atoms in total. The molecule has 0 fully saturated rings. The highest BCUT2D eigenvalue weighted by Crippen LogP contribution is 2.37. The molecule has 34 heavy (non-hydrogen) atoms. The third-order valence-corrected chi connectivity index (χ3v) is 7.28. The fourth-order valence-corrected chi connectivity index (χ4v) is 5.40. The third-order valence-electron chi connectivity index (χ3n) is 6.22. The molecule has 0 amide bonds. The molecule has 4 aromatic rings. The summed E-state index contributed by atoms with van der Waals surface area (Å²) in [6.07, 6.45) is 10.2. The van der Waals surface area contributed by atoms with Crippen LogP contribution in [-0.2, 0) is 19.4 Å². The van der Waals surface area contributed by atoms with Crippen molar-refractivity contribution in [1.82, 2.24) is 27.9 Å². The summed E-state index contributed by atoms with van der Waals surface area (Å²) in [6.45, 7) is 6.13. The van der Waals surface area contributed by atoms with E-state index >= 15 is 0 Å². The lowest BCUT2D eigenvalue weighted by molar-refractivity contribution is 0.436. The predicted octanol–water partition coefficient (Wildman–Crippen LogP) is 5.11. The molecule has 8 heteroatoms. The van der Waals surface area contributed by atoms with Crippen LogP contribution in [0.2, 0.25) is 0 Å². The van der Waals surface area contributed by atoms with Crippen LogP contribution >= 0.6 is 25.6 Å². The number of fused-ring (bicyclic) bond motifs is 1. The molecular weight excluding hydrogens is 460 g/mol. The molecular formula is C26H28N6S2. The van der Waals surface area contributed by atoms with Crippen molar-refractivity contribution in [3.63, 3.8) is 0 Å². The van der Waals surface area contributed by atoms with Crippen molar-refractivity contribution < 1.29 is 0 Å². The normalized spacial score (nSPS) is 15.0. The number of allylic oxidation sites excluding steroid dienone is 1. The van der Waals surface area contributed by atoms with Crippen LogP contribution in [0.1, 0.15) is 28.2 Å². The van der Waals surface area contributed by atoms with E-state index in [4.69, 9.17) is 0 Å². The molecule has 0 unspecified atom stereocenters. The lowest BCUT2D eigenvalue weighted by Gasteiger charge is -2.28. The summed E-state index contributed by atoms with van der Waals surface area (Å²) in [6, 6.07) is 17.4. The summed E-state index contributed by atoms with van der Waals surface area (Å²) < 4.78 is 8.84. The van der Waals surface area contributed by atoms with E-state index in [1.807, 2.05) is 36.0 Å². The van der Waals surface area contributed by atoms with Crippen molar-refractivity contribution in [3.8, 4) is 11.4 Å². The second kappa shape index (κ2) is 9.37. The Kier molecular flexibility index (Phi) is 6.29. The zero-order valence-corrected chi connectivity index (χ0v) is 21.2. The van der Waals surface area contributed by atoms with E-state index in [0.29, 0.717) is 0 Å². The zero-order chi connectivity index (χ0) is 22.4. The molecule has 174 valence electrons. The Balaban J connectivity index is 0.00000241. The number of hydrogen-bond acceptors (Lipinski definition) is 5. The molecule has 2 aliphatic rings. The third kappa shape index (κ3) is 4.66. The fourth-order valence-electron chi connectivity index (χ4n) is 4.44. The number of nitrogens with zero attached hydrogens (tertiary/aromatic N) is 6. The predicted molar refractivity (Wildman–Crippen MR) is 142 cm³/mol. The smallest absolute Gasteiger partial charge is 0.110 e. The highest BCUT2D eigenvalue weighted by Gasteiger charge is 2.27. The Morgan fingerprint density at radius 2 is 1.82 bits per heavy atom. The van der Waals surface area contributed by atoms with Crippen LogP contribution in [0.4, 0.5) is 0 Å². The minimum Gasteiger partial charge on any atom is -0.304 e. The van der Waals surface area contributed by atoms with Gasteiger partial charge in [-0.15, -0.1) is 0 Å². The molecule has 2 aromatic carbocycles. The topological polar surface area (TPSA) is 41.9 Å². The van der Waals surface area contributed by atoms with Crippen LogP contribution in [0.25, 0.3) is 11.4 Å². The van der Waals surface area contributed by atoms with Gasteiger partial charge >= 0.3 is 0 Å². The monoisotopic (exact) mass is 488 g/mol. The van der Waals surface area contributed by atoms with E-state index in [1.54, 1.807) is 6.20 Å². The summed E-state index contributed by atoms with van der Waals surface area (Å²) in [4.78, 5) is 4.55. The van der Waals surface area contributed by atoms with Gasteiger partial charge in [-0.05, 0) is 67.3 Å². The van der Waals surface area contributed by atoms with Gasteiger partial charge in [-0.3, -0.25) is 4.31 Å². The van der Waals surface area contributed by atoms with Crippen molar-refractivity contribution in [2.24, 2.45) is 0 Å². The summed E-state index contributed by atoms with van der Waals surface area (Å²) in [5.41, 5.74) is 8.90. The van der Waals surface area contributed by atoms with E-state index < -0.39 is 0 Å². The SMILES string of the molecule is Cc1cn(-c2ccc3c(c2)CN(SN2C=C2Cc2ccc(-n4cccn4)cc2)CC3)c(C)n1.S. The maximum absolute atomic E-state index is 4.55. The molecule has 0 aliphatic carbocycles. The van der Waals surface area contributed by atoms with Crippen LogP contribution in [-0.4, -0.2) is 34.5 Å². The van der Waals surface area contributed by atoms with Gasteiger partial charge in [0.05, 0.1) is 17.1 Å². The molecule has 0 atom stereocenters. The molecule has 4 heterocycles. The van der Waals surface area contributed by atoms with Gasteiger partial charge in [-0.2, -0.15) is 18.6 Å². The van der Waals surface area contributed by atoms with E-state index in [-0.39, 0.29) is 13.5 Å². The molecule has 2 aliphatic heterocycles. The molecule has 0 bridgehead atoms. The van der Waals surface area contributed by atoms with Crippen molar-refractivity contribution in [1.29, 1.82) is 0 Å². The van der Waals surface area contributed by atoms with Crippen LogP contribution in [0.5, 0.6) is 0 Å². The van der Waals surface area contributed by atoms with Crippen molar-refractivity contribution in [2.75, 3.05) is 6.54 Å². The molecule has 0 saturated carbocycles. The van der Waals surface area contributed by atoms with E-state index in [0.717, 1.165) is 43.1 Å². The minimum atomic E-state index is 0. The highest BCUT2D eigenvalue weighted by atomic mass is 32.2. The van der Waals surface area contributed by atoms with Gasteiger partial charge in [0.1, 0.15) is 5.82 Å². The lowest BCUT2D eigenvalue weighted by Crippen LogP contribution is -2.26. The summed E-state index contributed by atoms with van der Waals surface area (Å²) in [5, 5.41) is 4.29. The summed E-state index contributed by atoms with van der Waals surface area (Å²) in [7, 11) is 0. The maximum atomic E-state index is 4.55. The summed E-state index contributed by atoms with van der Waals surface area (Å²) >= 11 is 1.83. The Morgan fingerprint density at radius 3 is 2.56 bits per heavy atom. The Bertz CT molecular complexity index is 1320. The van der Waals surface area contributed by atoms with Gasteiger partial charge in [-0.25, -0.2) is 14.0 Å². The lowest BCUT2D eigenvalue weighted by atomic mass is 10.0. The second-order valence-corrected chi connectivity index (χ2v) is 9.76. The van der Waals surface area contributed by atoms with Gasteiger partial charge in [-0.1, -0.05) is 18.2 Å². The quantitative estimate of drug-likeness (QED) is 0.353. The van der Waals surface area contributed by atoms with Gasteiger partial charge in [0, 0.05) is 62.1 Å². The second-order valence-electron chi connectivity index (χ2n) is 8.69. The number of imidazole rings is 1. The van der Waals surface area contributed by atoms with E-state index in [9.17, 15) is 0 Å². The number of hydrogen-bond donors (Lipinski definition) is 0. The number of aryl methyl sites for hydroxylation is 2. The number of aromatic nitrogens is 4. The fraction of sp³-hybridized carbons (Fsp3) is 0.231. The van der Waals surface area contributed by atoms with E-state index in [1.165, 1.54) is 28.1 Å². The number of benzene rings is 2.